The van der Waals surface area contributed by atoms with Crippen LogP contribution in [0.4, 0.5) is 11.6 Å². The first kappa shape index (κ1) is 16.9. The first-order valence-corrected chi connectivity index (χ1v) is 8.83. The first-order chi connectivity index (χ1) is 13.0. The predicted octanol–water partition coefficient (Wildman–Crippen LogP) is 2.54. The molecule has 0 saturated carbocycles. The predicted molar refractivity (Wildman–Crippen MR) is 100 cm³/mol. The molecule has 2 atom stereocenters. The van der Waals surface area contributed by atoms with Crippen LogP contribution in [0.2, 0.25) is 0 Å². The summed E-state index contributed by atoms with van der Waals surface area (Å²) < 4.78 is 1.58. The molecule has 10 heteroatoms. The molecule has 9 nitrogen and oxygen atoms in total. The zero-order valence-corrected chi connectivity index (χ0v) is 14.7. The number of fused-ring (bicyclic) bond motifs is 1. The molecule has 0 aliphatic carbocycles. The van der Waals surface area contributed by atoms with Gasteiger partial charge >= 0.3 is 0 Å². The van der Waals surface area contributed by atoms with Gasteiger partial charge in [0.2, 0.25) is 11.9 Å². The second-order valence-electron chi connectivity index (χ2n) is 6.00. The van der Waals surface area contributed by atoms with Crippen molar-refractivity contribution in [2.24, 2.45) is 11.7 Å². The number of carbonyl (C=O) groups is 1. The minimum Gasteiger partial charge on any atom is -0.369 e. The molecule has 0 spiro atoms. The average Bonchev–Trinajstić information content (AvgIpc) is 3.29. The molecular formula is C17H14N6O3S. The first-order valence-electron chi connectivity index (χ1n) is 7.95. The number of nitrogens with one attached hydrogen (secondary N) is 1. The second-order valence-corrected chi connectivity index (χ2v) is 6.95. The van der Waals surface area contributed by atoms with Crippen LogP contribution in [-0.2, 0) is 4.79 Å². The van der Waals surface area contributed by atoms with E-state index in [9.17, 15) is 14.9 Å². The van der Waals surface area contributed by atoms with Crippen LogP contribution in [-0.4, -0.2) is 25.6 Å². The van der Waals surface area contributed by atoms with Crippen LogP contribution in [0.25, 0.3) is 10.7 Å². The molecule has 0 saturated heterocycles. The SMILES string of the molecule is C=C1Nc2nc(-c3cccs3)nn2[C@@H](c2ccc([N+](=O)[O-])cc2)[C@@H]1C(N)=O. The van der Waals surface area contributed by atoms with Gasteiger partial charge in [-0.15, -0.1) is 16.4 Å². The minimum atomic E-state index is -0.781. The Morgan fingerprint density at radius 3 is 2.67 bits per heavy atom. The van der Waals surface area contributed by atoms with Crippen molar-refractivity contribution in [1.29, 1.82) is 0 Å². The van der Waals surface area contributed by atoms with E-state index in [4.69, 9.17) is 5.73 Å². The van der Waals surface area contributed by atoms with Gasteiger partial charge in [0, 0.05) is 17.8 Å². The van der Waals surface area contributed by atoms with Gasteiger partial charge in [-0.3, -0.25) is 14.9 Å². The molecule has 1 aliphatic heterocycles. The van der Waals surface area contributed by atoms with E-state index in [1.165, 1.54) is 23.5 Å². The van der Waals surface area contributed by atoms with E-state index in [0.29, 0.717) is 23.0 Å². The number of primary amides is 1. The number of nitrogens with zero attached hydrogens (tertiary/aromatic N) is 4. The molecule has 1 aliphatic rings. The molecular weight excluding hydrogens is 368 g/mol. The summed E-state index contributed by atoms with van der Waals surface area (Å²) in [7, 11) is 0. The summed E-state index contributed by atoms with van der Waals surface area (Å²) in [4.78, 5) is 27.9. The highest BCUT2D eigenvalue weighted by atomic mass is 32.1. The summed E-state index contributed by atoms with van der Waals surface area (Å²) in [5.41, 5.74) is 6.63. The third-order valence-corrected chi connectivity index (χ3v) is 5.22. The molecule has 1 amide bonds. The minimum absolute atomic E-state index is 0.0415. The molecule has 4 rings (SSSR count). The highest BCUT2D eigenvalue weighted by molar-refractivity contribution is 7.13. The van der Waals surface area contributed by atoms with Gasteiger partial charge < -0.3 is 11.1 Å². The maximum absolute atomic E-state index is 12.1. The number of nitro benzene ring substituents is 1. The maximum atomic E-state index is 12.1. The summed E-state index contributed by atoms with van der Waals surface area (Å²) >= 11 is 1.49. The number of benzene rings is 1. The fourth-order valence-electron chi connectivity index (χ4n) is 3.12. The van der Waals surface area contributed by atoms with Crippen molar-refractivity contribution in [3.05, 3.63) is 69.7 Å². The van der Waals surface area contributed by atoms with Gasteiger partial charge in [-0.1, -0.05) is 24.8 Å². The number of anilines is 1. The van der Waals surface area contributed by atoms with Crippen LogP contribution in [0.1, 0.15) is 11.6 Å². The summed E-state index contributed by atoms with van der Waals surface area (Å²) in [5, 5.41) is 20.4. The van der Waals surface area contributed by atoms with Crippen LogP contribution in [0.15, 0.2) is 54.1 Å². The number of non-ortho nitro benzene ring substituents is 1. The highest BCUT2D eigenvalue weighted by Gasteiger charge is 2.39. The number of carbonyl (C=O) groups excluding carboxylic acids is 1. The highest BCUT2D eigenvalue weighted by Crippen LogP contribution is 2.39. The molecule has 0 bridgehead atoms. The lowest BCUT2D eigenvalue weighted by molar-refractivity contribution is -0.384. The van der Waals surface area contributed by atoms with Crippen molar-refractivity contribution in [2.45, 2.75) is 6.04 Å². The molecule has 2 aromatic heterocycles. The van der Waals surface area contributed by atoms with Crippen molar-refractivity contribution in [3.63, 3.8) is 0 Å². The van der Waals surface area contributed by atoms with Gasteiger partial charge in [-0.05, 0) is 17.0 Å². The lowest BCUT2D eigenvalue weighted by Crippen LogP contribution is -2.40. The third-order valence-electron chi connectivity index (χ3n) is 4.35. The standard InChI is InChI=1S/C17H14N6O3S/c1-9-13(15(18)24)14(10-4-6-11(7-5-10)23(25)26)22-17(19-9)20-16(21-22)12-3-2-8-27-12/h2-8,13-14H,1H2,(H2,18,24)(H,19,20,21)/t13-,14+/m1/s1. The van der Waals surface area contributed by atoms with Crippen molar-refractivity contribution >= 4 is 28.9 Å². The van der Waals surface area contributed by atoms with Crippen molar-refractivity contribution in [1.82, 2.24) is 14.8 Å². The van der Waals surface area contributed by atoms with E-state index in [0.717, 1.165) is 4.88 Å². The van der Waals surface area contributed by atoms with Gasteiger partial charge in [-0.2, -0.15) is 4.98 Å². The van der Waals surface area contributed by atoms with E-state index in [1.54, 1.807) is 16.8 Å². The number of thiophene rings is 1. The Morgan fingerprint density at radius 2 is 2.07 bits per heavy atom. The number of nitro groups is 1. The Bertz CT molecular complexity index is 1040. The second kappa shape index (κ2) is 6.32. The Hall–Kier alpha value is -3.53. The Kier molecular flexibility index (Phi) is 3.96. The quantitative estimate of drug-likeness (QED) is 0.527. The lowest BCUT2D eigenvalue weighted by Gasteiger charge is -2.32. The number of aromatic nitrogens is 3. The Balaban J connectivity index is 1.85. The van der Waals surface area contributed by atoms with Gasteiger partial charge in [0.1, 0.15) is 5.92 Å². The molecule has 0 radical (unpaired) electrons. The van der Waals surface area contributed by atoms with Gasteiger partial charge in [0.25, 0.3) is 5.69 Å². The van der Waals surface area contributed by atoms with E-state index >= 15 is 0 Å². The largest absolute Gasteiger partial charge is 0.369 e. The summed E-state index contributed by atoms with van der Waals surface area (Å²) in [5.74, 6) is -0.409. The number of rotatable bonds is 4. The Morgan fingerprint density at radius 1 is 1.33 bits per heavy atom. The third kappa shape index (κ3) is 2.85. The zero-order valence-electron chi connectivity index (χ0n) is 13.9. The summed E-state index contributed by atoms with van der Waals surface area (Å²) in [6.07, 6.45) is 0. The Labute approximate surface area is 157 Å². The van der Waals surface area contributed by atoms with Crippen LogP contribution in [0.5, 0.6) is 0 Å². The fraction of sp³-hybridized carbons (Fsp3) is 0.118. The van der Waals surface area contributed by atoms with Gasteiger partial charge in [-0.25, -0.2) is 4.68 Å². The number of amides is 1. The average molecular weight is 382 g/mol. The van der Waals surface area contributed by atoms with Gasteiger partial charge in [0.05, 0.1) is 15.8 Å². The van der Waals surface area contributed by atoms with Crippen molar-refractivity contribution < 1.29 is 9.72 Å². The van der Waals surface area contributed by atoms with Crippen LogP contribution in [0, 0.1) is 16.0 Å². The molecule has 1 aromatic carbocycles. The monoisotopic (exact) mass is 382 g/mol. The van der Waals surface area contributed by atoms with Crippen molar-refractivity contribution in [3.8, 4) is 10.7 Å². The van der Waals surface area contributed by atoms with E-state index in [-0.39, 0.29) is 5.69 Å². The van der Waals surface area contributed by atoms with Crippen molar-refractivity contribution in [2.75, 3.05) is 5.32 Å². The molecule has 0 fully saturated rings. The van der Waals surface area contributed by atoms with Gasteiger partial charge in [0.15, 0.2) is 5.82 Å². The molecule has 27 heavy (non-hydrogen) atoms. The van der Waals surface area contributed by atoms with E-state index in [1.807, 2.05) is 17.5 Å². The number of nitrogens with two attached hydrogens (primary N) is 1. The zero-order chi connectivity index (χ0) is 19.1. The van der Waals surface area contributed by atoms with E-state index in [2.05, 4.69) is 22.0 Å². The summed E-state index contributed by atoms with van der Waals surface area (Å²) in [6.45, 7) is 3.91. The smallest absolute Gasteiger partial charge is 0.269 e. The lowest BCUT2D eigenvalue weighted by atomic mass is 9.88. The molecule has 3 N–H and O–H groups in total. The van der Waals surface area contributed by atoms with Crippen LogP contribution >= 0.6 is 11.3 Å². The molecule has 3 aromatic rings. The number of hydrogen-bond acceptors (Lipinski definition) is 7. The van der Waals surface area contributed by atoms with Crippen LogP contribution < -0.4 is 11.1 Å². The molecule has 3 heterocycles. The molecule has 0 unspecified atom stereocenters. The topological polar surface area (TPSA) is 129 Å². The fourth-order valence-corrected chi connectivity index (χ4v) is 3.77. The normalized spacial score (nSPS) is 18.6. The van der Waals surface area contributed by atoms with E-state index < -0.39 is 22.8 Å². The maximum Gasteiger partial charge on any atom is 0.269 e. The molecule has 136 valence electrons. The van der Waals surface area contributed by atoms with Crippen LogP contribution in [0.3, 0.4) is 0 Å². The number of hydrogen-bond donors (Lipinski definition) is 2. The summed E-state index contributed by atoms with van der Waals surface area (Å²) in [6, 6.07) is 9.14.